The molecule has 0 bridgehead atoms. The van der Waals surface area contributed by atoms with E-state index in [2.05, 4.69) is 31.3 Å². The van der Waals surface area contributed by atoms with E-state index >= 15 is 0 Å². The Morgan fingerprint density at radius 1 is 1.36 bits per heavy atom. The van der Waals surface area contributed by atoms with E-state index in [-0.39, 0.29) is 24.9 Å². The highest BCUT2D eigenvalue weighted by Gasteiger charge is 2.25. The molecule has 1 aromatic carbocycles. The van der Waals surface area contributed by atoms with Crippen LogP contribution in [0.2, 0.25) is 0 Å². The van der Waals surface area contributed by atoms with Crippen molar-refractivity contribution in [3.05, 3.63) is 29.8 Å². The van der Waals surface area contributed by atoms with Gasteiger partial charge < -0.3 is 15.0 Å². The third-order valence-electron chi connectivity index (χ3n) is 4.04. The van der Waals surface area contributed by atoms with Crippen LogP contribution in [-0.4, -0.2) is 44.1 Å². The Bertz CT molecular complexity index is 462. The quantitative estimate of drug-likeness (QED) is 0.874. The third kappa shape index (κ3) is 5.18. The van der Waals surface area contributed by atoms with Crippen molar-refractivity contribution in [2.45, 2.75) is 26.2 Å². The van der Waals surface area contributed by atoms with E-state index in [0.29, 0.717) is 11.8 Å². The molecule has 1 heterocycles. The maximum absolute atomic E-state index is 12.1. The Hall–Kier alpha value is -1.26. The van der Waals surface area contributed by atoms with Crippen LogP contribution >= 0.6 is 12.4 Å². The van der Waals surface area contributed by atoms with Gasteiger partial charge in [0.25, 0.3) is 5.91 Å². The van der Waals surface area contributed by atoms with Crippen molar-refractivity contribution in [3.63, 3.8) is 0 Å². The molecule has 1 N–H and O–H groups in total. The molecule has 0 saturated carbocycles. The summed E-state index contributed by atoms with van der Waals surface area (Å²) in [6.45, 7) is 7.12. The van der Waals surface area contributed by atoms with Crippen molar-refractivity contribution in [3.8, 4) is 5.75 Å². The van der Waals surface area contributed by atoms with Crippen LogP contribution in [0.15, 0.2) is 24.3 Å². The number of rotatable bonds is 6. The molecule has 1 fully saturated rings. The smallest absolute Gasteiger partial charge is 0.260 e. The van der Waals surface area contributed by atoms with Gasteiger partial charge in [-0.3, -0.25) is 4.79 Å². The van der Waals surface area contributed by atoms with E-state index < -0.39 is 0 Å². The van der Waals surface area contributed by atoms with Gasteiger partial charge in [-0.15, -0.1) is 12.4 Å². The molecule has 0 aromatic heterocycles. The first-order valence-corrected chi connectivity index (χ1v) is 7.75. The lowest BCUT2D eigenvalue weighted by molar-refractivity contribution is -0.132. The second kappa shape index (κ2) is 9.01. The Kier molecular flexibility index (Phi) is 7.69. The Balaban J connectivity index is 0.00000242. The van der Waals surface area contributed by atoms with Gasteiger partial charge in [0.1, 0.15) is 5.75 Å². The van der Waals surface area contributed by atoms with E-state index in [1.54, 1.807) is 0 Å². The third-order valence-corrected chi connectivity index (χ3v) is 4.04. The topological polar surface area (TPSA) is 41.6 Å². The minimum absolute atomic E-state index is 0. The molecule has 0 aliphatic carbocycles. The highest BCUT2D eigenvalue weighted by Crippen LogP contribution is 2.19. The molecular formula is C17H27ClN2O2. The largest absolute Gasteiger partial charge is 0.484 e. The number of nitrogens with one attached hydrogen (secondary N) is 1. The number of hydrogen-bond acceptors (Lipinski definition) is 3. The van der Waals surface area contributed by atoms with Crippen molar-refractivity contribution in [1.82, 2.24) is 10.2 Å². The van der Waals surface area contributed by atoms with E-state index in [4.69, 9.17) is 4.74 Å². The zero-order chi connectivity index (χ0) is 15.2. The number of halogens is 1. The van der Waals surface area contributed by atoms with Crippen LogP contribution < -0.4 is 10.1 Å². The first kappa shape index (κ1) is 18.8. The average Bonchev–Trinajstić information content (AvgIpc) is 2.94. The van der Waals surface area contributed by atoms with Crippen LogP contribution in [0, 0.1) is 5.92 Å². The van der Waals surface area contributed by atoms with Crippen molar-refractivity contribution in [2.75, 3.05) is 33.3 Å². The van der Waals surface area contributed by atoms with Gasteiger partial charge in [-0.1, -0.05) is 26.0 Å². The van der Waals surface area contributed by atoms with Crippen LogP contribution in [0.3, 0.4) is 0 Å². The predicted octanol–water partition coefficient (Wildman–Crippen LogP) is 2.68. The van der Waals surface area contributed by atoms with Gasteiger partial charge in [0.15, 0.2) is 6.61 Å². The molecular weight excluding hydrogens is 300 g/mol. The number of benzene rings is 1. The minimum atomic E-state index is 0. The van der Waals surface area contributed by atoms with E-state index in [0.717, 1.165) is 31.8 Å². The summed E-state index contributed by atoms with van der Waals surface area (Å²) in [4.78, 5) is 14.0. The fourth-order valence-corrected chi connectivity index (χ4v) is 2.70. The lowest BCUT2D eigenvalue weighted by atomic mass is 10.0. The second-order valence-corrected chi connectivity index (χ2v) is 6.06. The predicted molar refractivity (Wildman–Crippen MR) is 91.9 cm³/mol. The van der Waals surface area contributed by atoms with Gasteiger partial charge in [0.2, 0.25) is 0 Å². The molecule has 1 saturated heterocycles. The number of likely N-dealkylation sites (tertiary alicyclic amines) is 1. The van der Waals surface area contributed by atoms with Crippen molar-refractivity contribution in [1.29, 1.82) is 0 Å². The zero-order valence-corrected chi connectivity index (χ0v) is 14.5. The van der Waals surface area contributed by atoms with Crippen LogP contribution in [-0.2, 0) is 4.79 Å². The molecule has 1 unspecified atom stereocenters. The van der Waals surface area contributed by atoms with Gasteiger partial charge in [0.05, 0.1) is 0 Å². The van der Waals surface area contributed by atoms with E-state index in [1.807, 2.05) is 24.1 Å². The van der Waals surface area contributed by atoms with Crippen molar-refractivity contribution in [2.24, 2.45) is 5.92 Å². The first-order valence-electron chi connectivity index (χ1n) is 7.75. The number of nitrogens with zero attached hydrogens (tertiary/aromatic N) is 1. The second-order valence-electron chi connectivity index (χ2n) is 6.06. The Morgan fingerprint density at radius 2 is 2.05 bits per heavy atom. The number of amides is 1. The summed E-state index contributed by atoms with van der Waals surface area (Å²) in [6, 6.07) is 8.00. The number of ether oxygens (including phenoxy) is 1. The van der Waals surface area contributed by atoms with E-state index in [9.17, 15) is 4.79 Å². The summed E-state index contributed by atoms with van der Waals surface area (Å²) >= 11 is 0. The molecule has 4 nitrogen and oxygen atoms in total. The molecule has 1 aliphatic heterocycles. The summed E-state index contributed by atoms with van der Waals surface area (Å²) in [6.07, 6.45) is 1.08. The van der Waals surface area contributed by atoms with Gasteiger partial charge in [-0.2, -0.15) is 0 Å². The molecule has 2 rings (SSSR count). The molecule has 124 valence electrons. The van der Waals surface area contributed by atoms with Gasteiger partial charge in [-0.25, -0.2) is 0 Å². The summed E-state index contributed by atoms with van der Waals surface area (Å²) in [7, 11) is 1.95. The molecule has 1 aliphatic rings. The van der Waals surface area contributed by atoms with Crippen molar-refractivity contribution < 1.29 is 9.53 Å². The average molecular weight is 327 g/mol. The number of hydrogen-bond donors (Lipinski definition) is 1. The lowest BCUT2D eigenvalue weighted by Crippen LogP contribution is -2.34. The highest BCUT2D eigenvalue weighted by molar-refractivity contribution is 5.85. The summed E-state index contributed by atoms with van der Waals surface area (Å²) in [5.41, 5.74) is 1.28. The molecule has 22 heavy (non-hydrogen) atoms. The minimum Gasteiger partial charge on any atom is -0.484 e. The van der Waals surface area contributed by atoms with Gasteiger partial charge in [-0.05, 0) is 49.5 Å². The maximum atomic E-state index is 12.1. The summed E-state index contributed by atoms with van der Waals surface area (Å²) in [5.74, 6) is 1.93. The standard InChI is InChI=1S/C17H26N2O2.ClH/c1-13(2)15-4-6-16(7-5-15)21-12-17(20)19-9-8-14(11-19)10-18-3;/h4-7,13-14,18H,8-12H2,1-3H3;1H. The summed E-state index contributed by atoms with van der Waals surface area (Å²) < 4.78 is 5.60. The SMILES string of the molecule is CNCC1CCN(C(=O)COc2ccc(C(C)C)cc2)C1.Cl. The summed E-state index contributed by atoms with van der Waals surface area (Å²) in [5, 5.41) is 3.17. The molecule has 0 spiro atoms. The van der Waals surface area contributed by atoms with Gasteiger partial charge >= 0.3 is 0 Å². The lowest BCUT2D eigenvalue weighted by Gasteiger charge is -2.17. The van der Waals surface area contributed by atoms with Crippen LogP contribution in [0.5, 0.6) is 5.75 Å². The van der Waals surface area contributed by atoms with Gasteiger partial charge in [0, 0.05) is 13.1 Å². The maximum Gasteiger partial charge on any atom is 0.260 e. The molecule has 1 aromatic rings. The van der Waals surface area contributed by atoms with E-state index in [1.165, 1.54) is 5.56 Å². The normalized spacial score (nSPS) is 17.5. The number of carbonyl (C=O) groups is 1. The van der Waals surface area contributed by atoms with Crippen molar-refractivity contribution >= 4 is 18.3 Å². The van der Waals surface area contributed by atoms with Crippen LogP contribution in [0.4, 0.5) is 0 Å². The highest BCUT2D eigenvalue weighted by atomic mass is 35.5. The van der Waals surface area contributed by atoms with Crippen LogP contribution in [0.1, 0.15) is 31.7 Å². The number of carbonyl (C=O) groups excluding carboxylic acids is 1. The fourth-order valence-electron chi connectivity index (χ4n) is 2.70. The zero-order valence-electron chi connectivity index (χ0n) is 13.7. The Morgan fingerprint density at radius 3 is 2.64 bits per heavy atom. The molecule has 1 amide bonds. The monoisotopic (exact) mass is 326 g/mol. The molecule has 1 atom stereocenters. The first-order chi connectivity index (χ1) is 10.1. The van der Waals surface area contributed by atoms with Crippen LogP contribution in [0.25, 0.3) is 0 Å². The Labute approximate surface area is 139 Å². The fraction of sp³-hybridized carbons (Fsp3) is 0.588. The molecule has 5 heteroatoms. The molecule has 0 radical (unpaired) electrons.